The smallest absolute Gasteiger partial charge is 0.250 e. The third-order valence-electron chi connectivity index (χ3n) is 5.55. The zero-order valence-corrected chi connectivity index (χ0v) is 15.3. The van der Waals surface area contributed by atoms with Crippen LogP contribution in [0.5, 0.6) is 11.5 Å². The average Bonchev–Trinajstić information content (AvgIpc) is 3.25. The van der Waals surface area contributed by atoms with E-state index in [1.807, 2.05) is 24.3 Å². The molecule has 0 aliphatic carbocycles. The van der Waals surface area contributed by atoms with Gasteiger partial charge in [0.05, 0.1) is 22.0 Å². The lowest BCUT2D eigenvalue weighted by Gasteiger charge is -2.20. The summed E-state index contributed by atoms with van der Waals surface area (Å²) in [5.74, 6) is 0.493. The van der Waals surface area contributed by atoms with Crippen molar-refractivity contribution >= 4 is 21.7 Å². The van der Waals surface area contributed by atoms with Crippen molar-refractivity contribution in [1.29, 1.82) is 0 Å². The fourth-order valence-electron chi connectivity index (χ4n) is 4.30. The van der Waals surface area contributed by atoms with Crippen molar-refractivity contribution in [1.82, 2.24) is 10.2 Å². The first-order valence-electron chi connectivity index (χ1n) is 9.18. The number of H-pyrrole nitrogens is 1. The van der Waals surface area contributed by atoms with E-state index in [0.29, 0.717) is 33.8 Å². The number of aromatic nitrogens is 3. The predicted molar refractivity (Wildman–Crippen MR) is 106 cm³/mol. The van der Waals surface area contributed by atoms with Crippen molar-refractivity contribution < 1.29 is 18.1 Å². The number of benzene rings is 3. The molecule has 0 amide bonds. The number of ether oxygens (including phenoxy) is 1. The van der Waals surface area contributed by atoms with Crippen LogP contribution in [0.1, 0.15) is 0 Å². The molecule has 4 nitrogen and oxygen atoms in total. The monoisotopic (exact) mass is 386 g/mol. The van der Waals surface area contributed by atoms with Gasteiger partial charge in [0.2, 0.25) is 17.0 Å². The Labute approximate surface area is 164 Å². The normalized spacial score (nSPS) is 12.2. The van der Waals surface area contributed by atoms with E-state index in [4.69, 9.17) is 4.74 Å². The molecular formula is C23H14F2N3O+. The van der Waals surface area contributed by atoms with Crippen LogP contribution in [0.4, 0.5) is 8.78 Å². The number of aryl methyl sites for hydroxylation is 1. The molecule has 5 aromatic rings. The minimum atomic E-state index is -0.369. The van der Waals surface area contributed by atoms with Gasteiger partial charge in [0.1, 0.15) is 24.4 Å². The van der Waals surface area contributed by atoms with Crippen molar-refractivity contribution in [2.45, 2.75) is 0 Å². The molecule has 0 saturated heterocycles. The number of hydrogen-bond acceptors (Lipinski definition) is 2. The van der Waals surface area contributed by atoms with Crippen molar-refractivity contribution in [3.63, 3.8) is 0 Å². The largest absolute Gasteiger partial charge is 0.456 e. The van der Waals surface area contributed by atoms with E-state index >= 15 is 4.39 Å². The lowest BCUT2D eigenvalue weighted by Crippen LogP contribution is -2.34. The standard InChI is InChI=1S/C23H13F2N3O/c1-28-22-16-11-12(24)5-8-18(16)29-19-4-2-3-13(20(19)22)14-6-7-15(21(25)23(14)28)17-9-10-26-27-17/h2-11H,1H3/p+1. The number of fused-ring (bicyclic) bond motifs is 4. The molecule has 1 aliphatic rings. The Kier molecular flexibility index (Phi) is 3.13. The van der Waals surface area contributed by atoms with Gasteiger partial charge in [-0.3, -0.25) is 5.10 Å². The highest BCUT2D eigenvalue weighted by molar-refractivity contribution is 6.13. The zero-order chi connectivity index (χ0) is 19.7. The van der Waals surface area contributed by atoms with E-state index < -0.39 is 0 Å². The first kappa shape index (κ1) is 16.2. The van der Waals surface area contributed by atoms with Gasteiger partial charge in [-0.25, -0.2) is 4.39 Å². The van der Waals surface area contributed by atoms with Gasteiger partial charge in [-0.2, -0.15) is 14.1 Å². The summed E-state index contributed by atoms with van der Waals surface area (Å²) in [4.78, 5) is 0. The number of nitrogens with zero attached hydrogens (tertiary/aromatic N) is 2. The maximum absolute atomic E-state index is 15.7. The minimum Gasteiger partial charge on any atom is -0.456 e. The number of rotatable bonds is 1. The molecule has 0 spiro atoms. The minimum absolute atomic E-state index is 0.359. The molecule has 3 aromatic carbocycles. The maximum Gasteiger partial charge on any atom is 0.250 e. The van der Waals surface area contributed by atoms with Gasteiger partial charge in [-0.05, 0) is 42.5 Å². The van der Waals surface area contributed by atoms with Crippen molar-refractivity contribution in [3.8, 4) is 34.0 Å². The summed E-state index contributed by atoms with van der Waals surface area (Å²) in [6.45, 7) is 0. The molecule has 3 heterocycles. The van der Waals surface area contributed by atoms with E-state index in [2.05, 4.69) is 10.2 Å². The van der Waals surface area contributed by atoms with Crippen LogP contribution in [0.15, 0.2) is 60.8 Å². The molecule has 0 fully saturated rings. The van der Waals surface area contributed by atoms with Gasteiger partial charge in [-0.1, -0.05) is 12.1 Å². The van der Waals surface area contributed by atoms with Gasteiger partial charge in [0.25, 0.3) is 0 Å². The second-order valence-electron chi connectivity index (χ2n) is 7.12. The molecule has 0 saturated carbocycles. The lowest BCUT2D eigenvalue weighted by molar-refractivity contribution is -0.633. The first-order chi connectivity index (χ1) is 14.1. The molecule has 0 radical (unpaired) electrons. The maximum atomic E-state index is 15.7. The Morgan fingerprint density at radius 3 is 2.66 bits per heavy atom. The van der Waals surface area contributed by atoms with E-state index in [1.165, 1.54) is 12.1 Å². The zero-order valence-electron chi connectivity index (χ0n) is 15.3. The molecule has 1 aliphatic heterocycles. The molecule has 0 bridgehead atoms. The summed E-state index contributed by atoms with van der Waals surface area (Å²) >= 11 is 0. The van der Waals surface area contributed by atoms with Crippen LogP contribution in [0.25, 0.3) is 44.2 Å². The second kappa shape index (κ2) is 5.61. The Hall–Kier alpha value is -3.80. The van der Waals surface area contributed by atoms with Gasteiger partial charge in [0.15, 0.2) is 0 Å². The summed E-state index contributed by atoms with van der Waals surface area (Å²) in [6, 6.07) is 15.5. The topological polar surface area (TPSA) is 41.8 Å². The van der Waals surface area contributed by atoms with Crippen LogP contribution in [0, 0.1) is 11.6 Å². The number of nitrogens with one attached hydrogen (secondary N) is 1. The van der Waals surface area contributed by atoms with Crippen molar-refractivity contribution in [2.75, 3.05) is 0 Å². The Morgan fingerprint density at radius 2 is 1.83 bits per heavy atom. The highest BCUT2D eigenvalue weighted by atomic mass is 19.1. The molecule has 0 atom stereocenters. The summed E-state index contributed by atoms with van der Waals surface area (Å²) in [6.07, 6.45) is 1.59. The van der Waals surface area contributed by atoms with E-state index in [9.17, 15) is 4.39 Å². The summed E-state index contributed by atoms with van der Waals surface area (Å²) in [7, 11) is 1.80. The van der Waals surface area contributed by atoms with Gasteiger partial charge in [-0.15, -0.1) is 0 Å². The van der Waals surface area contributed by atoms with Crippen LogP contribution in [0.2, 0.25) is 0 Å². The predicted octanol–water partition coefficient (Wildman–Crippen LogP) is 5.26. The highest BCUT2D eigenvalue weighted by Gasteiger charge is 2.32. The van der Waals surface area contributed by atoms with Crippen LogP contribution in [0.3, 0.4) is 0 Å². The number of hydrogen-bond donors (Lipinski definition) is 1. The molecule has 29 heavy (non-hydrogen) atoms. The lowest BCUT2D eigenvalue weighted by atomic mass is 9.95. The molecule has 1 N–H and O–H groups in total. The number of aromatic amines is 1. The average molecular weight is 386 g/mol. The first-order valence-corrected chi connectivity index (χ1v) is 9.18. The highest BCUT2D eigenvalue weighted by Crippen LogP contribution is 2.47. The van der Waals surface area contributed by atoms with Crippen LogP contribution in [-0.2, 0) is 7.05 Å². The Morgan fingerprint density at radius 1 is 0.931 bits per heavy atom. The van der Waals surface area contributed by atoms with Crippen molar-refractivity contribution in [3.05, 3.63) is 72.4 Å². The molecule has 6 heteroatoms. The Balaban J connectivity index is 1.83. The third-order valence-corrected chi connectivity index (χ3v) is 5.55. The van der Waals surface area contributed by atoms with E-state index in [1.54, 1.807) is 36.0 Å². The molecule has 6 rings (SSSR count). The number of halogens is 2. The molecule has 0 unspecified atom stereocenters. The molecule has 140 valence electrons. The summed E-state index contributed by atoms with van der Waals surface area (Å²) in [5, 5.41) is 9.21. The van der Waals surface area contributed by atoms with E-state index in [0.717, 1.165) is 21.9 Å². The van der Waals surface area contributed by atoms with Crippen LogP contribution < -0.4 is 9.30 Å². The fraction of sp³-hybridized carbons (Fsp3) is 0.0435. The van der Waals surface area contributed by atoms with Gasteiger partial charge in [0, 0.05) is 17.1 Å². The van der Waals surface area contributed by atoms with Crippen LogP contribution in [-0.4, -0.2) is 10.2 Å². The van der Waals surface area contributed by atoms with E-state index in [-0.39, 0.29) is 11.6 Å². The SMILES string of the molecule is C[n+]1c2c3c(cccc3c3ccc(-c4ccn[nH]4)c(F)c31)Oc1ccc(F)cc1-2. The van der Waals surface area contributed by atoms with Crippen LogP contribution >= 0.6 is 0 Å². The van der Waals surface area contributed by atoms with Gasteiger partial charge >= 0.3 is 0 Å². The molecule has 2 aromatic heterocycles. The van der Waals surface area contributed by atoms with Gasteiger partial charge < -0.3 is 4.74 Å². The third kappa shape index (κ3) is 2.11. The summed E-state index contributed by atoms with van der Waals surface area (Å²) in [5.41, 5.74) is 2.80. The Bertz CT molecular complexity index is 1460. The molecular weight excluding hydrogens is 372 g/mol. The second-order valence-corrected chi connectivity index (χ2v) is 7.12. The number of pyridine rings is 1. The van der Waals surface area contributed by atoms with Crippen molar-refractivity contribution in [2.24, 2.45) is 7.05 Å². The fourth-order valence-corrected chi connectivity index (χ4v) is 4.30. The summed E-state index contributed by atoms with van der Waals surface area (Å²) < 4.78 is 37.6. The quantitative estimate of drug-likeness (QED) is 0.309.